The minimum atomic E-state index is -0.268. The van der Waals surface area contributed by atoms with Crippen LogP contribution in [0.15, 0.2) is 81.9 Å². The van der Waals surface area contributed by atoms with Crippen LogP contribution in [0.4, 0.5) is 0 Å². The number of hydrogen-bond donors (Lipinski definition) is 0. The summed E-state index contributed by atoms with van der Waals surface area (Å²) in [6.07, 6.45) is 6.63. The van der Waals surface area contributed by atoms with E-state index in [0.717, 1.165) is 41.4 Å². The van der Waals surface area contributed by atoms with Gasteiger partial charge in [-0.1, -0.05) is 48.5 Å². The molecule has 0 bridgehead atoms. The number of carbonyl (C=O) groups is 1. The number of aryl methyl sites for hydroxylation is 1. The highest BCUT2D eigenvalue weighted by atomic mass is 32.2. The van der Waals surface area contributed by atoms with Gasteiger partial charge >= 0.3 is 0 Å². The zero-order valence-corrected chi connectivity index (χ0v) is 20.5. The standard InChI is InChI=1S/C26H26N6O2S/c1-3-14-31-25(20-10-12-27-13-11-20)28-29-26(31)35-17-24(33)32-22(23-5-4-15-34-23)16-21(30-32)19-8-6-18(2)7-9-19/h4-13,15,22H,3,14,16-17H2,1-2H3/t22-/m0/s1. The maximum absolute atomic E-state index is 13.4. The van der Waals surface area contributed by atoms with Gasteiger partial charge in [-0.25, -0.2) is 5.01 Å². The molecule has 1 aliphatic rings. The molecule has 0 spiro atoms. The highest BCUT2D eigenvalue weighted by Gasteiger charge is 2.35. The van der Waals surface area contributed by atoms with Crippen molar-refractivity contribution in [3.8, 4) is 11.4 Å². The molecule has 0 fully saturated rings. The van der Waals surface area contributed by atoms with Crippen LogP contribution in [0, 0.1) is 6.92 Å². The van der Waals surface area contributed by atoms with Gasteiger partial charge in [0.05, 0.1) is 17.7 Å². The third-order valence-corrected chi connectivity index (χ3v) is 6.80. The smallest absolute Gasteiger partial charge is 0.253 e. The van der Waals surface area contributed by atoms with Crippen LogP contribution >= 0.6 is 11.8 Å². The second-order valence-corrected chi connectivity index (χ2v) is 9.31. The van der Waals surface area contributed by atoms with E-state index in [1.807, 2.05) is 36.4 Å². The van der Waals surface area contributed by atoms with Crippen molar-refractivity contribution in [1.82, 2.24) is 24.8 Å². The summed E-state index contributed by atoms with van der Waals surface area (Å²) < 4.78 is 7.72. The summed E-state index contributed by atoms with van der Waals surface area (Å²) in [4.78, 5) is 17.5. The molecule has 1 aromatic carbocycles. The summed E-state index contributed by atoms with van der Waals surface area (Å²) >= 11 is 1.38. The number of furan rings is 1. The summed E-state index contributed by atoms with van der Waals surface area (Å²) in [6, 6.07) is 15.5. The number of thioether (sulfide) groups is 1. The molecule has 0 N–H and O–H groups in total. The number of hydrogen-bond acceptors (Lipinski definition) is 7. The predicted octanol–water partition coefficient (Wildman–Crippen LogP) is 5.12. The van der Waals surface area contributed by atoms with Gasteiger partial charge in [-0.05, 0) is 43.2 Å². The Hall–Kier alpha value is -3.72. The van der Waals surface area contributed by atoms with E-state index in [-0.39, 0.29) is 17.7 Å². The van der Waals surface area contributed by atoms with Crippen molar-refractivity contribution < 1.29 is 9.21 Å². The maximum Gasteiger partial charge on any atom is 0.253 e. The average Bonchev–Trinajstić information content (AvgIpc) is 3.64. The lowest BCUT2D eigenvalue weighted by molar-refractivity contribution is -0.130. The maximum atomic E-state index is 13.4. The second-order valence-electron chi connectivity index (χ2n) is 8.37. The largest absolute Gasteiger partial charge is 0.467 e. The lowest BCUT2D eigenvalue weighted by atomic mass is 10.0. The zero-order valence-electron chi connectivity index (χ0n) is 19.7. The van der Waals surface area contributed by atoms with Crippen molar-refractivity contribution in [3.63, 3.8) is 0 Å². The van der Waals surface area contributed by atoms with Gasteiger partial charge in [0.15, 0.2) is 11.0 Å². The first kappa shape index (κ1) is 23.0. The van der Waals surface area contributed by atoms with E-state index in [1.54, 1.807) is 23.7 Å². The van der Waals surface area contributed by atoms with E-state index >= 15 is 0 Å². The van der Waals surface area contributed by atoms with Crippen LogP contribution in [-0.2, 0) is 11.3 Å². The Morgan fingerprint density at radius 2 is 1.89 bits per heavy atom. The number of aromatic nitrogens is 4. The predicted molar refractivity (Wildman–Crippen MR) is 135 cm³/mol. The summed E-state index contributed by atoms with van der Waals surface area (Å²) in [5, 5.41) is 15.8. The topological polar surface area (TPSA) is 89.4 Å². The van der Waals surface area contributed by atoms with Gasteiger partial charge in [-0.2, -0.15) is 5.10 Å². The second kappa shape index (κ2) is 10.3. The van der Waals surface area contributed by atoms with E-state index < -0.39 is 0 Å². The van der Waals surface area contributed by atoms with Crippen LogP contribution in [0.3, 0.4) is 0 Å². The summed E-state index contributed by atoms with van der Waals surface area (Å²) in [7, 11) is 0. The van der Waals surface area contributed by atoms with E-state index in [2.05, 4.69) is 45.7 Å². The molecule has 35 heavy (non-hydrogen) atoms. The van der Waals surface area contributed by atoms with Crippen LogP contribution in [0.5, 0.6) is 0 Å². The summed E-state index contributed by atoms with van der Waals surface area (Å²) in [6.45, 7) is 4.92. The Balaban J connectivity index is 1.37. The van der Waals surface area contributed by atoms with Crippen LogP contribution < -0.4 is 0 Å². The van der Waals surface area contributed by atoms with Gasteiger partial charge in [0.2, 0.25) is 0 Å². The quantitative estimate of drug-likeness (QED) is 0.321. The van der Waals surface area contributed by atoms with Crippen LogP contribution in [-0.4, -0.2) is 42.1 Å². The Morgan fingerprint density at radius 1 is 1.09 bits per heavy atom. The normalized spacial score (nSPS) is 15.4. The highest BCUT2D eigenvalue weighted by Crippen LogP contribution is 2.34. The Bertz CT molecular complexity index is 1320. The molecule has 0 radical (unpaired) electrons. The fourth-order valence-electron chi connectivity index (χ4n) is 4.09. The van der Waals surface area contributed by atoms with E-state index in [9.17, 15) is 4.79 Å². The number of carbonyl (C=O) groups excluding carboxylic acids is 1. The molecule has 4 aromatic rings. The van der Waals surface area contributed by atoms with Crippen LogP contribution in [0.1, 0.15) is 42.7 Å². The number of amides is 1. The first-order chi connectivity index (χ1) is 17.1. The zero-order chi connectivity index (χ0) is 24.2. The molecule has 9 heteroatoms. The molecule has 1 atom stereocenters. The van der Waals surface area contributed by atoms with Crippen molar-refractivity contribution in [2.45, 2.75) is 44.4 Å². The van der Waals surface area contributed by atoms with Crippen LogP contribution in [0.2, 0.25) is 0 Å². The number of nitrogens with zero attached hydrogens (tertiary/aromatic N) is 6. The average molecular weight is 487 g/mol. The molecule has 0 unspecified atom stereocenters. The van der Waals surface area contributed by atoms with Gasteiger partial charge in [0.25, 0.3) is 5.91 Å². The van der Waals surface area contributed by atoms with Crippen molar-refractivity contribution in [3.05, 3.63) is 84.1 Å². The molecular formula is C26H26N6O2S. The third kappa shape index (κ3) is 4.90. The molecule has 1 aliphatic heterocycles. The Labute approximate surface area is 208 Å². The van der Waals surface area contributed by atoms with E-state index in [0.29, 0.717) is 11.6 Å². The van der Waals surface area contributed by atoms with Crippen LogP contribution in [0.25, 0.3) is 11.4 Å². The minimum absolute atomic E-state index is 0.102. The number of pyridine rings is 1. The first-order valence-electron chi connectivity index (χ1n) is 11.6. The SMILES string of the molecule is CCCn1c(SCC(=O)N2N=C(c3ccc(C)cc3)C[C@H]2c2ccco2)nnc1-c1ccncc1. The van der Waals surface area contributed by atoms with Crippen molar-refractivity contribution in [2.75, 3.05) is 5.75 Å². The summed E-state index contributed by atoms with van der Waals surface area (Å²) in [5.74, 6) is 1.59. The van der Waals surface area contributed by atoms with E-state index in [4.69, 9.17) is 9.52 Å². The Morgan fingerprint density at radius 3 is 2.60 bits per heavy atom. The molecule has 8 nitrogen and oxygen atoms in total. The lowest BCUT2D eigenvalue weighted by Crippen LogP contribution is -2.28. The van der Waals surface area contributed by atoms with Gasteiger partial charge in [-0.3, -0.25) is 9.78 Å². The van der Waals surface area contributed by atoms with Gasteiger partial charge in [0.1, 0.15) is 11.8 Å². The Kier molecular flexibility index (Phi) is 6.76. The number of hydrazone groups is 1. The molecule has 0 saturated heterocycles. The molecule has 3 aromatic heterocycles. The first-order valence-corrected chi connectivity index (χ1v) is 12.6. The van der Waals surface area contributed by atoms with Crippen molar-refractivity contribution in [2.24, 2.45) is 5.10 Å². The molecule has 1 amide bonds. The lowest BCUT2D eigenvalue weighted by Gasteiger charge is -2.19. The molecule has 5 rings (SSSR count). The fourth-order valence-corrected chi connectivity index (χ4v) is 4.91. The molecule has 0 saturated carbocycles. The van der Waals surface area contributed by atoms with Crippen molar-refractivity contribution in [1.29, 1.82) is 0 Å². The van der Waals surface area contributed by atoms with Gasteiger partial charge < -0.3 is 8.98 Å². The number of benzene rings is 1. The van der Waals surface area contributed by atoms with E-state index in [1.165, 1.54) is 17.3 Å². The third-order valence-electron chi connectivity index (χ3n) is 5.85. The minimum Gasteiger partial charge on any atom is -0.467 e. The molecule has 0 aliphatic carbocycles. The molecule has 178 valence electrons. The summed E-state index contributed by atoms with van der Waals surface area (Å²) in [5.41, 5.74) is 4.02. The molecular weight excluding hydrogens is 460 g/mol. The molecule has 4 heterocycles. The monoisotopic (exact) mass is 486 g/mol. The number of rotatable bonds is 8. The highest BCUT2D eigenvalue weighted by molar-refractivity contribution is 7.99. The fraction of sp³-hybridized carbons (Fsp3) is 0.269. The van der Waals surface area contributed by atoms with Crippen molar-refractivity contribution >= 4 is 23.4 Å². The van der Waals surface area contributed by atoms with Gasteiger partial charge in [0, 0.05) is 30.9 Å². The van der Waals surface area contributed by atoms with Gasteiger partial charge in [-0.15, -0.1) is 10.2 Å².